The van der Waals surface area contributed by atoms with E-state index in [0.717, 1.165) is 57.0 Å². The topological polar surface area (TPSA) is 50.1 Å². The Bertz CT molecular complexity index is 744. The minimum Gasteiger partial charge on any atom is -0.297 e. The first-order valence-electron chi connectivity index (χ1n) is 9.87. The van der Waals surface area contributed by atoms with Gasteiger partial charge in [-0.3, -0.25) is 9.80 Å². The highest BCUT2D eigenvalue weighted by atomic mass is 19.1. The van der Waals surface area contributed by atoms with E-state index < -0.39 is 0 Å². The van der Waals surface area contributed by atoms with E-state index >= 15 is 0 Å². The van der Waals surface area contributed by atoms with Crippen LogP contribution >= 0.6 is 0 Å². The van der Waals surface area contributed by atoms with Crippen LogP contribution < -0.4 is 0 Å². The van der Waals surface area contributed by atoms with Crippen molar-refractivity contribution in [3.8, 4) is 0 Å². The molecule has 1 unspecified atom stereocenters. The molecule has 1 aliphatic heterocycles. The number of benzene rings is 1. The Kier molecular flexibility index (Phi) is 5.59. The summed E-state index contributed by atoms with van der Waals surface area (Å²) in [5.74, 6) is 0.661. The van der Waals surface area contributed by atoms with Gasteiger partial charge in [-0.15, -0.1) is 11.7 Å². The zero-order valence-electron chi connectivity index (χ0n) is 15.7. The Hall–Kier alpha value is -2.12. The Balaban J connectivity index is 1.64. The molecular formula is C20H27FN6. The SMILES string of the molecule is C=CCN1CCN(C(c2ccc(F)cc2)c2nnnn2C2CCCC2)CC1. The molecule has 0 spiro atoms. The summed E-state index contributed by atoms with van der Waals surface area (Å²) in [5.41, 5.74) is 1.04. The number of hydrogen-bond acceptors (Lipinski definition) is 5. The molecule has 1 aromatic heterocycles. The number of tetrazole rings is 1. The maximum atomic E-state index is 13.5. The first kappa shape index (κ1) is 18.3. The highest BCUT2D eigenvalue weighted by molar-refractivity contribution is 5.26. The van der Waals surface area contributed by atoms with Gasteiger partial charge in [-0.1, -0.05) is 31.1 Å². The molecule has 2 fully saturated rings. The van der Waals surface area contributed by atoms with Crippen LogP contribution in [0.15, 0.2) is 36.9 Å². The maximum absolute atomic E-state index is 13.5. The van der Waals surface area contributed by atoms with Crippen LogP contribution in [0.4, 0.5) is 4.39 Å². The predicted molar refractivity (Wildman–Crippen MR) is 102 cm³/mol. The standard InChI is InChI=1S/C20H27FN6/c1-2-11-25-12-14-26(15-13-25)19(16-7-9-17(21)10-8-16)20-22-23-24-27(20)18-5-3-4-6-18/h2,7-10,18-19H,1,3-6,11-15H2. The summed E-state index contributed by atoms with van der Waals surface area (Å²) < 4.78 is 15.5. The number of piperazine rings is 1. The average molecular weight is 370 g/mol. The molecule has 4 rings (SSSR count). The van der Waals surface area contributed by atoms with E-state index in [-0.39, 0.29) is 11.9 Å². The van der Waals surface area contributed by atoms with E-state index in [1.54, 1.807) is 0 Å². The highest BCUT2D eigenvalue weighted by Gasteiger charge is 2.32. The molecule has 2 aliphatic rings. The van der Waals surface area contributed by atoms with E-state index in [2.05, 4.69) is 31.9 Å². The summed E-state index contributed by atoms with van der Waals surface area (Å²) in [5, 5.41) is 12.8. The van der Waals surface area contributed by atoms with E-state index in [0.29, 0.717) is 6.04 Å². The second-order valence-electron chi connectivity index (χ2n) is 7.50. The van der Waals surface area contributed by atoms with Gasteiger partial charge in [0.15, 0.2) is 5.82 Å². The lowest BCUT2D eigenvalue weighted by atomic mass is 10.0. The zero-order valence-corrected chi connectivity index (χ0v) is 15.7. The predicted octanol–water partition coefficient (Wildman–Crippen LogP) is 2.82. The van der Waals surface area contributed by atoms with Crippen molar-refractivity contribution in [1.82, 2.24) is 30.0 Å². The van der Waals surface area contributed by atoms with Crippen LogP contribution in [0.5, 0.6) is 0 Å². The fraction of sp³-hybridized carbons (Fsp3) is 0.550. The Morgan fingerprint density at radius 1 is 1.11 bits per heavy atom. The molecule has 1 atom stereocenters. The number of halogens is 1. The molecule has 27 heavy (non-hydrogen) atoms. The van der Waals surface area contributed by atoms with Gasteiger partial charge in [0.2, 0.25) is 0 Å². The molecular weight excluding hydrogens is 343 g/mol. The van der Waals surface area contributed by atoms with Crippen LogP contribution in [-0.4, -0.2) is 62.7 Å². The van der Waals surface area contributed by atoms with Crippen molar-refractivity contribution in [3.63, 3.8) is 0 Å². The van der Waals surface area contributed by atoms with E-state index in [1.807, 2.05) is 22.9 Å². The molecule has 1 aliphatic carbocycles. The Morgan fingerprint density at radius 2 is 1.81 bits per heavy atom. The van der Waals surface area contributed by atoms with Gasteiger partial charge in [0.05, 0.1) is 12.1 Å². The summed E-state index contributed by atoms with van der Waals surface area (Å²) in [6.07, 6.45) is 6.66. The van der Waals surface area contributed by atoms with Gasteiger partial charge in [0.1, 0.15) is 5.82 Å². The average Bonchev–Trinajstić information content (AvgIpc) is 3.37. The quantitative estimate of drug-likeness (QED) is 0.732. The van der Waals surface area contributed by atoms with Gasteiger partial charge in [-0.2, -0.15) is 0 Å². The smallest absolute Gasteiger partial charge is 0.173 e. The third-order valence-electron chi connectivity index (χ3n) is 5.78. The Labute approximate surface area is 159 Å². The van der Waals surface area contributed by atoms with Crippen LogP contribution in [0.1, 0.15) is 49.2 Å². The normalized spacial score (nSPS) is 20.8. The molecule has 7 heteroatoms. The highest BCUT2D eigenvalue weighted by Crippen LogP contribution is 2.34. The van der Waals surface area contributed by atoms with Crippen molar-refractivity contribution in [1.29, 1.82) is 0 Å². The third-order valence-corrected chi connectivity index (χ3v) is 5.78. The van der Waals surface area contributed by atoms with Crippen LogP contribution in [0, 0.1) is 5.82 Å². The van der Waals surface area contributed by atoms with E-state index in [1.165, 1.54) is 25.0 Å². The van der Waals surface area contributed by atoms with Crippen molar-refractivity contribution in [2.75, 3.05) is 32.7 Å². The number of nitrogens with zero attached hydrogens (tertiary/aromatic N) is 6. The zero-order chi connectivity index (χ0) is 18.6. The molecule has 0 amide bonds. The van der Waals surface area contributed by atoms with Gasteiger partial charge in [-0.25, -0.2) is 9.07 Å². The van der Waals surface area contributed by atoms with Crippen molar-refractivity contribution in [2.24, 2.45) is 0 Å². The number of rotatable bonds is 6. The Morgan fingerprint density at radius 3 is 2.48 bits per heavy atom. The minimum absolute atomic E-state index is 0.0490. The molecule has 0 radical (unpaired) electrons. The summed E-state index contributed by atoms with van der Waals surface area (Å²) in [6.45, 7) is 8.56. The fourth-order valence-electron chi connectivity index (χ4n) is 4.34. The molecule has 1 saturated heterocycles. The lowest BCUT2D eigenvalue weighted by Crippen LogP contribution is -2.48. The van der Waals surface area contributed by atoms with Gasteiger partial charge in [0.25, 0.3) is 0 Å². The number of hydrogen-bond donors (Lipinski definition) is 0. The van der Waals surface area contributed by atoms with Gasteiger partial charge in [-0.05, 0) is 41.0 Å². The van der Waals surface area contributed by atoms with Gasteiger partial charge >= 0.3 is 0 Å². The molecule has 0 bridgehead atoms. The first-order valence-corrected chi connectivity index (χ1v) is 9.87. The molecule has 2 heterocycles. The third kappa shape index (κ3) is 3.94. The van der Waals surface area contributed by atoms with Crippen molar-refractivity contribution in [3.05, 3.63) is 54.1 Å². The lowest BCUT2D eigenvalue weighted by molar-refractivity contribution is 0.111. The van der Waals surface area contributed by atoms with Gasteiger partial charge < -0.3 is 0 Å². The van der Waals surface area contributed by atoms with Crippen molar-refractivity contribution in [2.45, 2.75) is 37.8 Å². The lowest BCUT2D eigenvalue weighted by Gasteiger charge is -2.38. The largest absolute Gasteiger partial charge is 0.297 e. The summed E-state index contributed by atoms with van der Waals surface area (Å²) in [4.78, 5) is 4.81. The van der Waals surface area contributed by atoms with Crippen LogP contribution in [0.3, 0.4) is 0 Å². The first-order chi connectivity index (χ1) is 13.3. The van der Waals surface area contributed by atoms with Crippen LogP contribution in [0.2, 0.25) is 0 Å². The monoisotopic (exact) mass is 370 g/mol. The molecule has 6 nitrogen and oxygen atoms in total. The second-order valence-corrected chi connectivity index (χ2v) is 7.50. The fourth-order valence-corrected chi connectivity index (χ4v) is 4.34. The minimum atomic E-state index is -0.219. The van der Waals surface area contributed by atoms with Crippen LogP contribution in [-0.2, 0) is 0 Å². The van der Waals surface area contributed by atoms with Gasteiger partial charge in [0, 0.05) is 32.7 Å². The summed E-state index contributed by atoms with van der Waals surface area (Å²) >= 11 is 0. The van der Waals surface area contributed by atoms with Crippen molar-refractivity contribution >= 4 is 0 Å². The summed E-state index contributed by atoms with van der Waals surface area (Å²) in [6, 6.07) is 7.11. The van der Waals surface area contributed by atoms with Crippen molar-refractivity contribution < 1.29 is 4.39 Å². The molecule has 1 saturated carbocycles. The van der Waals surface area contributed by atoms with E-state index in [4.69, 9.17) is 0 Å². The molecule has 2 aromatic rings. The molecule has 0 N–H and O–H groups in total. The van der Waals surface area contributed by atoms with Crippen LogP contribution in [0.25, 0.3) is 0 Å². The molecule has 1 aromatic carbocycles. The summed E-state index contributed by atoms with van der Waals surface area (Å²) in [7, 11) is 0. The molecule has 144 valence electrons. The van der Waals surface area contributed by atoms with E-state index in [9.17, 15) is 4.39 Å². The number of aromatic nitrogens is 4. The maximum Gasteiger partial charge on any atom is 0.173 e. The second kappa shape index (κ2) is 8.27.